The van der Waals surface area contributed by atoms with Gasteiger partial charge in [0.05, 0.1) is 0 Å². The number of nitrogens with one attached hydrogen (secondary N) is 1. The molecule has 0 aliphatic rings. The van der Waals surface area contributed by atoms with Gasteiger partial charge >= 0.3 is 6.01 Å². The third-order valence-corrected chi connectivity index (χ3v) is 2.62. The maximum absolute atomic E-state index is 9.01. The minimum atomic E-state index is 0.0857. The van der Waals surface area contributed by atoms with Crippen LogP contribution in [-0.2, 0) is 13.0 Å². The molecule has 2 aromatic rings. The molecule has 1 aromatic heterocycles. The van der Waals surface area contributed by atoms with E-state index in [-0.39, 0.29) is 6.61 Å². The van der Waals surface area contributed by atoms with E-state index in [1.165, 1.54) is 0 Å². The molecule has 0 aliphatic carbocycles. The van der Waals surface area contributed by atoms with Crippen LogP contribution in [0.15, 0.2) is 36.7 Å². The van der Waals surface area contributed by atoms with Gasteiger partial charge in [-0.15, -0.1) is 0 Å². The summed E-state index contributed by atoms with van der Waals surface area (Å²) in [6.45, 7) is 0.809. The highest BCUT2D eigenvalue weighted by atomic mass is 16.5. The highest BCUT2D eigenvalue weighted by molar-refractivity contribution is 5.35. The van der Waals surface area contributed by atoms with E-state index in [1.807, 2.05) is 31.3 Å². The summed E-state index contributed by atoms with van der Waals surface area (Å²) in [5.74, 6) is 0.679. The average Bonchev–Trinajstić information content (AvgIpc) is 2.44. The lowest BCUT2D eigenvalue weighted by Crippen LogP contribution is -2.06. The Hall–Kier alpha value is -1.98. The van der Waals surface area contributed by atoms with Crippen molar-refractivity contribution >= 4 is 0 Å². The van der Waals surface area contributed by atoms with E-state index in [9.17, 15) is 0 Å². The first-order valence-electron chi connectivity index (χ1n) is 6.15. The van der Waals surface area contributed by atoms with Gasteiger partial charge in [-0.2, -0.15) is 0 Å². The number of aliphatic hydroxyl groups excluding tert-OH is 1. The minimum absolute atomic E-state index is 0.0857. The molecule has 0 aliphatic heterocycles. The van der Waals surface area contributed by atoms with Gasteiger partial charge in [-0.25, -0.2) is 9.97 Å². The van der Waals surface area contributed by atoms with Gasteiger partial charge in [0.1, 0.15) is 5.75 Å². The van der Waals surface area contributed by atoms with Crippen LogP contribution in [0.25, 0.3) is 0 Å². The molecule has 0 saturated heterocycles. The Labute approximate surface area is 112 Å². The molecule has 5 heteroatoms. The first kappa shape index (κ1) is 13.5. The molecule has 0 unspecified atom stereocenters. The predicted octanol–water partition coefficient (Wildman–Crippen LogP) is 1.52. The smallest absolute Gasteiger partial charge is 0.321 e. The molecule has 1 heterocycles. The molecule has 1 aromatic carbocycles. The molecular weight excluding hydrogens is 242 g/mol. The second-order valence-corrected chi connectivity index (χ2v) is 4.09. The average molecular weight is 259 g/mol. The quantitative estimate of drug-likeness (QED) is 0.823. The molecule has 2 rings (SSSR count). The van der Waals surface area contributed by atoms with E-state index in [0.717, 1.165) is 17.7 Å². The van der Waals surface area contributed by atoms with Crippen molar-refractivity contribution < 1.29 is 9.84 Å². The topological polar surface area (TPSA) is 67.3 Å². The Bertz CT molecular complexity index is 514. The fraction of sp³-hybridized carbons (Fsp3) is 0.286. The number of hydrogen-bond donors (Lipinski definition) is 2. The molecule has 0 radical (unpaired) electrons. The van der Waals surface area contributed by atoms with Gasteiger partial charge in [-0.3, -0.25) is 0 Å². The molecule has 0 saturated carbocycles. The van der Waals surface area contributed by atoms with Crippen LogP contribution in [0.2, 0.25) is 0 Å². The molecule has 5 nitrogen and oxygen atoms in total. The summed E-state index contributed by atoms with van der Waals surface area (Å²) in [5, 5.41) is 12.0. The van der Waals surface area contributed by atoms with Gasteiger partial charge in [-0.1, -0.05) is 18.2 Å². The van der Waals surface area contributed by atoms with Crippen LogP contribution in [0.1, 0.15) is 11.1 Å². The van der Waals surface area contributed by atoms with Crippen LogP contribution >= 0.6 is 0 Å². The highest BCUT2D eigenvalue weighted by Crippen LogP contribution is 2.22. The number of aromatic nitrogens is 2. The molecule has 0 amide bonds. The lowest BCUT2D eigenvalue weighted by Gasteiger charge is -2.08. The summed E-state index contributed by atoms with van der Waals surface area (Å²) >= 11 is 0. The fourth-order valence-electron chi connectivity index (χ4n) is 1.72. The minimum Gasteiger partial charge on any atom is -0.424 e. The van der Waals surface area contributed by atoms with E-state index in [1.54, 1.807) is 12.4 Å². The molecular formula is C14H17N3O2. The molecule has 2 N–H and O–H groups in total. The maximum atomic E-state index is 9.01. The zero-order valence-electron chi connectivity index (χ0n) is 10.8. The molecule has 0 atom stereocenters. The van der Waals surface area contributed by atoms with Gasteiger partial charge in [0.2, 0.25) is 0 Å². The number of rotatable bonds is 6. The Morgan fingerprint density at radius 2 is 1.95 bits per heavy atom. The van der Waals surface area contributed by atoms with E-state index < -0.39 is 0 Å². The SMILES string of the molecule is CNCc1cnc(Oc2ccccc2CCO)nc1. The normalized spacial score (nSPS) is 10.4. The van der Waals surface area contributed by atoms with Crippen LogP contribution in [0.5, 0.6) is 11.8 Å². The second-order valence-electron chi connectivity index (χ2n) is 4.09. The van der Waals surface area contributed by atoms with Crippen molar-refractivity contribution in [2.24, 2.45) is 0 Å². The van der Waals surface area contributed by atoms with Crippen molar-refractivity contribution in [3.05, 3.63) is 47.8 Å². The molecule has 100 valence electrons. The summed E-state index contributed by atoms with van der Waals surface area (Å²) in [4.78, 5) is 8.32. The first-order chi connectivity index (χ1) is 9.33. The van der Waals surface area contributed by atoms with Crippen LogP contribution in [-0.4, -0.2) is 28.7 Å². The summed E-state index contributed by atoms with van der Waals surface area (Å²) < 4.78 is 5.64. The van der Waals surface area contributed by atoms with Crippen LogP contribution in [0.4, 0.5) is 0 Å². The number of ether oxygens (including phenoxy) is 1. The monoisotopic (exact) mass is 259 g/mol. The number of hydrogen-bond acceptors (Lipinski definition) is 5. The maximum Gasteiger partial charge on any atom is 0.321 e. The number of para-hydroxylation sites is 1. The predicted molar refractivity (Wildman–Crippen MR) is 72.1 cm³/mol. The van der Waals surface area contributed by atoms with Crippen molar-refractivity contribution in [1.29, 1.82) is 0 Å². The van der Waals surface area contributed by atoms with E-state index in [0.29, 0.717) is 18.2 Å². The van der Waals surface area contributed by atoms with Gasteiger partial charge in [0.15, 0.2) is 0 Å². The number of benzene rings is 1. The van der Waals surface area contributed by atoms with E-state index >= 15 is 0 Å². The molecule has 19 heavy (non-hydrogen) atoms. The van der Waals surface area contributed by atoms with Crippen molar-refractivity contribution in [3.63, 3.8) is 0 Å². The van der Waals surface area contributed by atoms with Crippen molar-refractivity contribution in [1.82, 2.24) is 15.3 Å². The third kappa shape index (κ3) is 3.74. The van der Waals surface area contributed by atoms with Crippen molar-refractivity contribution in [2.45, 2.75) is 13.0 Å². The van der Waals surface area contributed by atoms with Gasteiger partial charge in [0, 0.05) is 31.1 Å². The van der Waals surface area contributed by atoms with Crippen LogP contribution in [0, 0.1) is 0 Å². The standard InChI is InChI=1S/C14H17N3O2/c1-15-8-11-9-16-14(17-10-11)19-13-5-3-2-4-12(13)6-7-18/h2-5,9-10,15,18H,6-8H2,1H3. The molecule has 0 fully saturated rings. The summed E-state index contributed by atoms with van der Waals surface area (Å²) in [5.41, 5.74) is 1.94. The first-order valence-corrected chi connectivity index (χ1v) is 6.15. The van der Waals surface area contributed by atoms with Crippen LogP contribution < -0.4 is 10.1 Å². The van der Waals surface area contributed by atoms with Gasteiger partial charge in [-0.05, 0) is 25.1 Å². The lowest BCUT2D eigenvalue weighted by molar-refractivity contribution is 0.297. The Morgan fingerprint density at radius 1 is 1.21 bits per heavy atom. The van der Waals surface area contributed by atoms with Crippen molar-refractivity contribution in [3.8, 4) is 11.8 Å². The van der Waals surface area contributed by atoms with Gasteiger partial charge < -0.3 is 15.2 Å². The zero-order valence-corrected chi connectivity index (χ0v) is 10.8. The summed E-state index contributed by atoms with van der Waals surface area (Å²) in [7, 11) is 1.87. The number of nitrogens with zero attached hydrogens (tertiary/aromatic N) is 2. The Kier molecular flexibility index (Phi) is 4.83. The highest BCUT2D eigenvalue weighted by Gasteiger charge is 2.05. The van der Waals surface area contributed by atoms with Gasteiger partial charge in [0.25, 0.3) is 0 Å². The zero-order chi connectivity index (χ0) is 13.5. The van der Waals surface area contributed by atoms with E-state index in [2.05, 4.69) is 15.3 Å². The Balaban J connectivity index is 2.12. The Morgan fingerprint density at radius 3 is 2.63 bits per heavy atom. The summed E-state index contributed by atoms with van der Waals surface area (Å²) in [6.07, 6.45) is 4.01. The largest absolute Gasteiger partial charge is 0.424 e. The summed E-state index contributed by atoms with van der Waals surface area (Å²) in [6, 6.07) is 7.86. The number of aliphatic hydroxyl groups is 1. The second kappa shape index (κ2) is 6.82. The third-order valence-electron chi connectivity index (χ3n) is 2.62. The molecule has 0 spiro atoms. The van der Waals surface area contributed by atoms with Crippen molar-refractivity contribution in [2.75, 3.05) is 13.7 Å². The van der Waals surface area contributed by atoms with E-state index in [4.69, 9.17) is 9.84 Å². The molecule has 0 bridgehead atoms. The lowest BCUT2D eigenvalue weighted by atomic mass is 10.1. The van der Waals surface area contributed by atoms with Crippen LogP contribution in [0.3, 0.4) is 0 Å². The fourth-order valence-corrected chi connectivity index (χ4v) is 1.72.